The smallest absolute Gasteiger partial charge is 0.255 e. The molecule has 1 fully saturated rings. The maximum absolute atomic E-state index is 12.3. The molecule has 0 radical (unpaired) electrons. The number of anilines is 2. The Labute approximate surface area is 175 Å². The number of amides is 2. The summed E-state index contributed by atoms with van der Waals surface area (Å²) in [6, 6.07) is 12.2. The Morgan fingerprint density at radius 3 is 2.18 bits per heavy atom. The average Bonchev–Trinajstić information content (AvgIpc) is 2.68. The largest absolute Gasteiger partial charge is 0.367 e. The summed E-state index contributed by atoms with van der Waals surface area (Å²) in [4.78, 5) is 28.5. The first-order valence-corrected chi connectivity index (χ1v) is 10.0. The monoisotopic (exact) mass is 419 g/mol. The Kier molecular flexibility index (Phi) is 6.47. The van der Waals surface area contributed by atoms with Crippen molar-refractivity contribution in [3.8, 4) is 0 Å². The lowest BCUT2D eigenvalue weighted by atomic mass is 10.1. The van der Waals surface area contributed by atoms with Crippen LogP contribution in [0.4, 0.5) is 11.4 Å². The molecular weight excluding hydrogens is 397 g/mol. The van der Waals surface area contributed by atoms with Crippen LogP contribution in [0.15, 0.2) is 42.5 Å². The highest BCUT2D eigenvalue weighted by molar-refractivity contribution is 6.33. The molecule has 1 aliphatic heterocycles. The lowest BCUT2D eigenvalue weighted by Gasteiger charge is -2.37. The molecule has 0 bridgehead atoms. The molecule has 0 spiro atoms. The van der Waals surface area contributed by atoms with Gasteiger partial charge in [0.1, 0.15) is 0 Å². The quantitative estimate of drug-likeness (QED) is 0.790. The van der Waals surface area contributed by atoms with E-state index < -0.39 is 0 Å². The van der Waals surface area contributed by atoms with Gasteiger partial charge in [0.15, 0.2) is 0 Å². The van der Waals surface area contributed by atoms with Crippen molar-refractivity contribution < 1.29 is 9.59 Å². The summed E-state index contributed by atoms with van der Waals surface area (Å²) >= 11 is 12.3. The van der Waals surface area contributed by atoms with E-state index in [0.717, 1.165) is 18.8 Å². The standard InChI is InChI=1S/C21H23Cl2N3O2/c1-14(2)21(28)26-11-9-25(10-12-26)19-8-7-17(13-18(19)23)24-20(27)15-3-5-16(22)6-4-15/h3-8,13-14H,9-12H2,1-2H3,(H,24,27). The molecule has 148 valence electrons. The Hall–Kier alpha value is -2.24. The molecule has 7 heteroatoms. The fourth-order valence-electron chi connectivity index (χ4n) is 3.18. The molecule has 1 heterocycles. The second kappa shape index (κ2) is 8.84. The normalized spacial score (nSPS) is 14.3. The Balaban J connectivity index is 1.64. The summed E-state index contributed by atoms with van der Waals surface area (Å²) in [5, 5.41) is 3.99. The van der Waals surface area contributed by atoms with E-state index in [1.165, 1.54) is 0 Å². The maximum Gasteiger partial charge on any atom is 0.255 e. The minimum atomic E-state index is -0.221. The number of rotatable bonds is 4. The minimum absolute atomic E-state index is 0.0127. The van der Waals surface area contributed by atoms with Gasteiger partial charge in [-0.1, -0.05) is 37.0 Å². The zero-order valence-electron chi connectivity index (χ0n) is 15.9. The van der Waals surface area contributed by atoms with E-state index in [9.17, 15) is 9.59 Å². The van der Waals surface area contributed by atoms with E-state index in [-0.39, 0.29) is 17.7 Å². The molecule has 2 aromatic rings. The number of piperazine rings is 1. The molecule has 0 aromatic heterocycles. The van der Waals surface area contributed by atoms with Gasteiger partial charge in [-0.3, -0.25) is 9.59 Å². The average molecular weight is 420 g/mol. The van der Waals surface area contributed by atoms with Crippen LogP contribution < -0.4 is 10.2 Å². The molecule has 1 aliphatic rings. The topological polar surface area (TPSA) is 52.7 Å². The van der Waals surface area contributed by atoms with E-state index in [4.69, 9.17) is 23.2 Å². The molecule has 28 heavy (non-hydrogen) atoms. The summed E-state index contributed by atoms with van der Waals surface area (Å²) in [6.07, 6.45) is 0. The minimum Gasteiger partial charge on any atom is -0.367 e. The summed E-state index contributed by atoms with van der Waals surface area (Å²) in [7, 11) is 0. The molecule has 0 saturated carbocycles. The number of hydrogen-bond donors (Lipinski definition) is 1. The van der Waals surface area contributed by atoms with Gasteiger partial charge in [0.2, 0.25) is 5.91 Å². The van der Waals surface area contributed by atoms with Gasteiger partial charge in [0, 0.05) is 48.4 Å². The highest BCUT2D eigenvalue weighted by atomic mass is 35.5. The third-order valence-corrected chi connectivity index (χ3v) is 5.29. The van der Waals surface area contributed by atoms with Crippen molar-refractivity contribution in [1.82, 2.24) is 4.90 Å². The maximum atomic E-state index is 12.3. The number of carbonyl (C=O) groups excluding carboxylic acids is 2. The fourth-order valence-corrected chi connectivity index (χ4v) is 3.60. The van der Waals surface area contributed by atoms with Crippen molar-refractivity contribution >= 4 is 46.4 Å². The predicted molar refractivity (Wildman–Crippen MR) is 114 cm³/mol. The van der Waals surface area contributed by atoms with Gasteiger partial charge in [-0.15, -0.1) is 0 Å². The van der Waals surface area contributed by atoms with Gasteiger partial charge >= 0.3 is 0 Å². The first kappa shape index (κ1) is 20.5. The predicted octanol–water partition coefficient (Wildman–Crippen LogP) is 4.55. The van der Waals surface area contributed by atoms with Crippen LogP contribution in [-0.4, -0.2) is 42.9 Å². The number of hydrogen-bond acceptors (Lipinski definition) is 3. The van der Waals surface area contributed by atoms with E-state index >= 15 is 0 Å². The van der Waals surface area contributed by atoms with Gasteiger partial charge < -0.3 is 15.1 Å². The number of carbonyl (C=O) groups is 2. The van der Waals surface area contributed by atoms with Crippen LogP contribution in [0.2, 0.25) is 10.0 Å². The van der Waals surface area contributed by atoms with Crippen molar-refractivity contribution in [2.24, 2.45) is 5.92 Å². The molecule has 1 saturated heterocycles. The summed E-state index contributed by atoms with van der Waals surface area (Å²) in [5.41, 5.74) is 2.06. The van der Waals surface area contributed by atoms with Crippen LogP contribution in [0.5, 0.6) is 0 Å². The van der Waals surface area contributed by atoms with E-state index in [1.54, 1.807) is 30.3 Å². The second-order valence-electron chi connectivity index (χ2n) is 7.09. The van der Waals surface area contributed by atoms with Gasteiger partial charge in [-0.05, 0) is 42.5 Å². The van der Waals surface area contributed by atoms with Gasteiger partial charge in [0.25, 0.3) is 5.91 Å². The number of benzene rings is 2. The fraction of sp³-hybridized carbons (Fsp3) is 0.333. The highest BCUT2D eigenvalue weighted by Gasteiger charge is 2.24. The van der Waals surface area contributed by atoms with Crippen LogP contribution in [0.25, 0.3) is 0 Å². The van der Waals surface area contributed by atoms with Crippen LogP contribution in [-0.2, 0) is 4.79 Å². The lowest BCUT2D eigenvalue weighted by Crippen LogP contribution is -2.50. The van der Waals surface area contributed by atoms with Gasteiger partial charge in [-0.25, -0.2) is 0 Å². The van der Waals surface area contributed by atoms with E-state index in [2.05, 4.69) is 10.2 Å². The molecule has 3 rings (SSSR count). The third kappa shape index (κ3) is 4.78. The number of halogens is 2. The van der Waals surface area contributed by atoms with E-state index in [0.29, 0.717) is 34.4 Å². The lowest BCUT2D eigenvalue weighted by molar-refractivity contribution is -0.134. The van der Waals surface area contributed by atoms with Crippen molar-refractivity contribution in [3.63, 3.8) is 0 Å². The summed E-state index contributed by atoms with van der Waals surface area (Å²) < 4.78 is 0. The summed E-state index contributed by atoms with van der Waals surface area (Å²) in [6.45, 7) is 6.67. The van der Waals surface area contributed by atoms with Crippen LogP contribution in [0.3, 0.4) is 0 Å². The molecule has 1 N–H and O–H groups in total. The molecule has 5 nitrogen and oxygen atoms in total. The number of nitrogens with zero attached hydrogens (tertiary/aromatic N) is 2. The van der Waals surface area contributed by atoms with Gasteiger partial charge in [0.05, 0.1) is 10.7 Å². The van der Waals surface area contributed by atoms with Crippen molar-refractivity contribution in [3.05, 3.63) is 58.1 Å². The zero-order chi connectivity index (χ0) is 20.3. The van der Waals surface area contributed by atoms with E-state index in [1.807, 2.05) is 30.9 Å². The molecule has 0 unspecified atom stereocenters. The first-order valence-electron chi connectivity index (χ1n) is 9.25. The van der Waals surface area contributed by atoms with Gasteiger partial charge in [-0.2, -0.15) is 0 Å². The molecule has 0 aliphatic carbocycles. The molecular formula is C21H23Cl2N3O2. The molecule has 2 aromatic carbocycles. The SMILES string of the molecule is CC(C)C(=O)N1CCN(c2ccc(NC(=O)c3ccc(Cl)cc3)cc2Cl)CC1. The first-order chi connectivity index (χ1) is 13.3. The zero-order valence-corrected chi connectivity index (χ0v) is 17.4. The Morgan fingerprint density at radius 1 is 0.964 bits per heavy atom. The second-order valence-corrected chi connectivity index (χ2v) is 7.94. The highest BCUT2D eigenvalue weighted by Crippen LogP contribution is 2.30. The molecule has 0 atom stereocenters. The van der Waals surface area contributed by atoms with Crippen molar-refractivity contribution in [2.75, 3.05) is 36.4 Å². The number of nitrogens with one attached hydrogen (secondary N) is 1. The Morgan fingerprint density at radius 2 is 1.61 bits per heavy atom. The van der Waals surface area contributed by atoms with Crippen molar-refractivity contribution in [1.29, 1.82) is 0 Å². The van der Waals surface area contributed by atoms with Crippen molar-refractivity contribution in [2.45, 2.75) is 13.8 Å². The Bertz CT molecular complexity index is 860. The van der Waals surface area contributed by atoms with Crippen LogP contribution in [0, 0.1) is 5.92 Å². The third-order valence-electron chi connectivity index (χ3n) is 4.74. The van der Waals surface area contributed by atoms with Crippen LogP contribution >= 0.6 is 23.2 Å². The van der Waals surface area contributed by atoms with Crippen LogP contribution in [0.1, 0.15) is 24.2 Å². The summed E-state index contributed by atoms with van der Waals surface area (Å²) in [5.74, 6) is -0.0222. The molecule has 2 amide bonds.